The van der Waals surface area contributed by atoms with Gasteiger partial charge < -0.3 is 5.11 Å². The first kappa shape index (κ1) is 9.82. The number of unbranched alkanes of at least 4 members (excludes halogenated alkanes) is 1. The number of rotatable bonds is 5. The third kappa shape index (κ3) is 5.95. The molecule has 0 amide bonds. The number of carboxylic acids is 1. The van der Waals surface area contributed by atoms with Crippen molar-refractivity contribution in [3.63, 3.8) is 0 Å². The Morgan fingerprint density at radius 3 is 2.70 bits per heavy atom. The van der Waals surface area contributed by atoms with Gasteiger partial charge >= 0.3 is 5.97 Å². The van der Waals surface area contributed by atoms with Crippen molar-refractivity contribution in [3.8, 4) is 0 Å². The molecule has 0 aliphatic carbocycles. The first-order valence-corrected chi connectivity index (χ1v) is 4.08. The van der Waals surface area contributed by atoms with Crippen LogP contribution < -0.4 is 0 Å². The van der Waals surface area contributed by atoms with Gasteiger partial charge in [-0.25, -0.2) is 0 Å². The van der Waals surface area contributed by atoms with E-state index in [1.165, 1.54) is 0 Å². The molecule has 0 heterocycles. The SMILES string of the molecule is CCCCC(S)CC(=O)O. The fraction of sp³-hybridized carbons (Fsp3) is 0.857. The second-order valence-electron chi connectivity index (χ2n) is 2.39. The Labute approximate surface area is 67.0 Å². The molecule has 0 fully saturated rings. The summed E-state index contributed by atoms with van der Waals surface area (Å²) in [5.74, 6) is -0.754. The number of aliphatic carboxylic acids is 1. The second-order valence-corrected chi connectivity index (χ2v) is 3.12. The van der Waals surface area contributed by atoms with E-state index in [0.717, 1.165) is 19.3 Å². The Morgan fingerprint density at radius 2 is 2.30 bits per heavy atom. The van der Waals surface area contributed by atoms with E-state index in [1.54, 1.807) is 0 Å². The van der Waals surface area contributed by atoms with Crippen LogP contribution in [0.1, 0.15) is 32.6 Å². The number of thiol groups is 1. The molecule has 60 valence electrons. The molecular weight excluding hydrogens is 148 g/mol. The molecule has 0 spiro atoms. The standard InChI is InChI=1S/C7H14O2S/c1-2-3-4-6(10)5-7(8)9/h6,10H,2-5H2,1H3,(H,8,9). The minimum Gasteiger partial charge on any atom is -0.481 e. The smallest absolute Gasteiger partial charge is 0.304 e. The van der Waals surface area contributed by atoms with Gasteiger partial charge in [0.05, 0.1) is 6.42 Å². The molecule has 0 saturated carbocycles. The number of hydrogen-bond donors (Lipinski definition) is 2. The van der Waals surface area contributed by atoms with E-state index in [2.05, 4.69) is 19.6 Å². The summed E-state index contributed by atoms with van der Waals surface area (Å²) >= 11 is 4.12. The van der Waals surface area contributed by atoms with Gasteiger partial charge in [0.15, 0.2) is 0 Å². The van der Waals surface area contributed by atoms with Crippen molar-refractivity contribution in [1.82, 2.24) is 0 Å². The molecule has 0 bridgehead atoms. The van der Waals surface area contributed by atoms with Crippen molar-refractivity contribution < 1.29 is 9.90 Å². The van der Waals surface area contributed by atoms with E-state index in [0.29, 0.717) is 0 Å². The second kappa shape index (κ2) is 5.59. The van der Waals surface area contributed by atoms with Gasteiger partial charge in [0.2, 0.25) is 0 Å². The van der Waals surface area contributed by atoms with Crippen molar-refractivity contribution >= 4 is 18.6 Å². The maximum absolute atomic E-state index is 10.1. The average molecular weight is 162 g/mol. The van der Waals surface area contributed by atoms with Crippen molar-refractivity contribution in [2.45, 2.75) is 37.9 Å². The summed E-state index contributed by atoms with van der Waals surface area (Å²) in [5.41, 5.74) is 0. The summed E-state index contributed by atoms with van der Waals surface area (Å²) in [6, 6.07) is 0. The van der Waals surface area contributed by atoms with Crippen LogP contribution in [0.5, 0.6) is 0 Å². The van der Waals surface area contributed by atoms with Crippen LogP contribution in [0.25, 0.3) is 0 Å². The van der Waals surface area contributed by atoms with Gasteiger partial charge in [-0.2, -0.15) is 12.6 Å². The highest BCUT2D eigenvalue weighted by atomic mass is 32.1. The molecule has 1 N–H and O–H groups in total. The van der Waals surface area contributed by atoms with Gasteiger partial charge in [-0.15, -0.1) is 0 Å². The zero-order chi connectivity index (χ0) is 7.98. The molecule has 0 aromatic carbocycles. The van der Waals surface area contributed by atoms with Crippen molar-refractivity contribution in [3.05, 3.63) is 0 Å². The Balaban J connectivity index is 3.25. The first-order chi connectivity index (χ1) is 4.66. The largest absolute Gasteiger partial charge is 0.481 e. The summed E-state index contributed by atoms with van der Waals surface area (Å²) in [4.78, 5) is 10.1. The Bertz CT molecular complexity index is 104. The Morgan fingerprint density at radius 1 is 1.70 bits per heavy atom. The highest BCUT2D eigenvalue weighted by Gasteiger charge is 2.06. The summed E-state index contributed by atoms with van der Waals surface area (Å²) in [6.45, 7) is 2.08. The van der Waals surface area contributed by atoms with E-state index in [4.69, 9.17) is 5.11 Å². The maximum atomic E-state index is 10.1. The van der Waals surface area contributed by atoms with Crippen molar-refractivity contribution in [2.24, 2.45) is 0 Å². The molecule has 0 aromatic heterocycles. The third-order valence-electron chi connectivity index (χ3n) is 1.30. The molecule has 0 radical (unpaired) electrons. The lowest BCUT2D eigenvalue weighted by Gasteiger charge is -2.04. The highest BCUT2D eigenvalue weighted by Crippen LogP contribution is 2.10. The lowest BCUT2D eigenvalue weighted by Crippen LogP contribution is -2.06. The van der Waals surface area contributed by atoms with Crippen molar-refractivity contribution in [2.75, 3.05) is 0 Å². The van der Waals surface area contributed by atoms with Crippen LogP contribution in [0.15, 0.2) is 0 Å². The fourth-order valence-corrected chi connectivity index (χ4v) is 1.08. The monoisotopic (exact) mass is 162 g/mol. The van der Waals surface area contributed by atoms with Gasteiger partial charge in [-0.3, -0.25) is 4.79 Å². The van der Waals surface area contributed by atoms with Crippen LogP contribution in [-0.4, -0.2) is 16.3 Å². The van der Waals surface area contributed by atoms with Crippen LogP contribution in [0.3, 0.4) is 0 Å². The predicted octanol–water partition coefficient (Wildman–Crippen LogP) is 1.95. The minimum absolute atomic E-state index is 0.0393. The molecule has 0 aliphatic heterocycles. The number of carbonyl (C=O) groups is 1. The lowest BCUT2D eigenvalue weighted by atomic mass is 10.1. The lowest BCUT2D eigenvalue weighted by molar-refractivity contribution is -0.136. The molecule has 1 unspecified atom stereocenters. The van der Waals surface area contributed by atoms with Gasteiger partial charge in [0.25, 0.3) is 0 Å². The average Bonchev–Trinajstić information content (AvgIpc) is 1.82. The molecule has 10 heavy (non-hydrogen) atoms. The molecule has 0 aromatic rings. The zero-order valence-corrected chi connectivity index (χ0v) is 7.10. The highest BCUT2D eigenvalue weighted by molar-refractivity contribution is 7.81. The van der Waals surface area contributed by atoms with Gasteiger partial charge in [0, 0.05) is 5.25 Å². The van der Waals surface area contributed by atoms with E-state index >= 15 is 0 Å². The van der Waals surface area contributed by atoms with Gasteiger partial charge in [-0.05, 0) is 6.42 Å². The van der Waals surface area contributed by atoms with E-state index in [9.17, 15) is 4.79 Å². The van der Waals surface area contributed by atoms with Crippen LogP contribution in [0.4, 0.5) is 0 Å². The van der Waals surface area contributed by atoms with Crippen LogP contribution in [0.2, 0.25) is 0 Å². The first-order valence-electron chi connectivity index (χ1n) is 3.56. The van der Waals surface area contributed by atoms with Crippen LogP contribution >= 0.6 is 12.6 Å². The maximum Gasteiger partial charge on any atom is 0.304 e. The summed E-state index contributed by atoms with van der Waals surface area (Å²) < 4.78 is 0. The zero-order valence-electron chi connectivity index (χ0n) is 6.21. The minimum atomic E-state index is -0.754. The predicted molar refractivity (Wildman–Crippen MR) is 44.6 cm³/mol. The van der Waals surface area contributed by atoms with E-state index in [1.807, 2.05) is 0 Å². The van der Waals surface area contributed by atoms with Crippen LogP contribution in [-0.2, 0) is 4.79 Å². The topological polar surface area (TPSA) is 37.3 Å². The molecule has 1 atom stereocenters. The molecule has 2 nitrogen and oxygen atoms in total. The van der Waals surface area contributed by atoms with Gasteiger partial charge in [0.1, 0.15) is 0 Å². The molecule has 3 heteroatoms. The summed E-state index contributed by atoms with van der Waals surface area (Å²) in [5, 5.41) is 8.37. The van der Waals surface area contributed by atoms with Gasteiger partial charge in [-0.1, -0.05) is 19.8 Å². The van der Waals surface area contributed by atoms with E-state index < -0.39 is 5.97 Å². The van der Waals surface area contributed by atoms with Crippen LogP contribution in [0, 0.1) is 0 Å². The van der Waals surface area contributed by atoms with E-state index in [-0.39, 0.29) is 11.7 Å². The fourth-order valence-electron chi connectivity index (χ4n) is 0.743. The number of hydrogen-bond acceptors (Lipinski definition) is 2. The summed E-state index contributed by atoms with van der Waals surface area (Å²) in [6.07, 6.45) is 3.27. The molecule has 0 rings (SSSR count). The third-order valence-corrected chi connectivity index (χ3v) is 1.74. The summed E-state index contributed by atoms with van der Waals surface area (Å²) in [7, 11) is 0. The quantitative estimate of drug-likeness (QED) is 0.606. The molecule has 0 aliphatic rings. The molecule has 0 saturated heterocycles. The Hall–Kier alpha value is -0.180. The number of carboxylic acid groups (broad SMARTS) is 1. The normalized spacial score (nSPS) is 13.0. The van der Waals surface area contributed by atoms with Crippen molar-refractivity contribution in [1.29, 1.82) is 0 Å². The molecular formula is C7H14O2S. The Kier molecular flexibility index (Phi) is 5.49.